The molecule has 15 heavy (non-hydrogen) atoms. The first kappa shape index (κ1) is 11.5. The summed E-state index contributed by atoms with van der Waals surface area (Å²) in [7, 11) is 0. The molecular weight excluding hydrogens is 190 g/mol. The van der Waals surface area contributed by atoms with E-state index in [0.29, 0.717) is 5.69 Å². The second kappa shape index (κ2) is 5.34. The molecule has 0 fully saturated rings. The fraction of sp³-hybridized carbons (Fsp3) is 0.455. The lowest BCUT2D eigenvalue weighted by atomic mass is 10.3. The summed E-state index contributed by atoms with van der Waals surface area (Å²) < 4.78 is 0. The summed E-state index contributed by atoms with van der Waals surface area (Å²) in [6.45, 7) is 6.68. The molecule has 0 unspecified atom stereocenters. The Morgan fingerprint density at radius 3 is 2.87 bits per heavy atom. The normalized spacial score (nSPS) is 10.1. The van der Waals surface area contributed by atoms with Gasteiger partial charge in [-0.1, -0.05) is 0 Å². The number of carbonyl (C=O) groups is 1. The molecule has 4 nitrogen and oxygen atoms in total. The average Bonchev–Trinajstić information content (AvgIpc) is 2.17. The minimum absolute atomic E-state index is 0.127. The third-order valence-electron chi connectivity index (χ3n) is 1.79. The van der Waals surface area contributed by atoms with Gasteiger partial charge >= 0.3 is 0 Å². The Bertz CT molecular complexity index is 336. The molecule has 0 atom stereocenters. The Morgan fingerprint density at radius 2 is 2.27 bits per heavy atom. The van der Waals surface area contributed by atoms with E-state index in [4.69, 9.17) is 0 Å². The summed E-state index contributed by atoms with van der Waals surface area (Å²) >= 11 is 0. The number of carbonyl (C=O) groups excluding carboxylic acids is 1. The summed E-state index contributed by atoms with van der Waals surface area (Å²) in [6.07, 6.45) is 1.63. The first-order valence-corrected chi connectivity index (χ1v) is 5.14. The third-order valence-corrected chi connectivity index (χ3v) is 1.79. The van der Waals surface area contributed by atoms with Crippen LogP contribution < -0.4 is 10.6 Å². The monoisotopic (exact) mass is 207 g/mol. The summed E-state index contributed by atoms with van der Waals surface area (Å²) in [6, 6.07) is 3.72. The van der Waals surface area contributed by atoms with Crippen LogP contribution in [0.5, 0.6) is 0 Å². The molecule has 1 rings (SSSR count). The molecule has 0 radical (unpaired) electrons. The Morgan fingerprint density at radius 1 is 1.53 bits per heavy atom. The average molecular weight is 207 g/mol. The first-order chi connectivity index (χ1) is 7.13. The van der Waals surface area contributed by atoms with E-state index in [1.54, 1.807) is 12.3 Å². The van der Waals surface area contributed by atoms with Gasteiger partial charge < -0.3 is 10.6 Å². The zero-order valence-electron chi connectivity index (χ0n) is 9.37. The van der Waals surface area contributed by atoms with Crippen molar-refractivity contribution in [2.75, 3.05) is 11.9 Å². The van der Waals surface area contributed by atoms with Crippen molar-refractivity contribution in [2.24, 2.45) is 0 Å². The summed E-state index contributed by atoms with van der Waals surface area (Å²) in [5.74, 6) is -0.134. The van der Waals surface area contributed by atoms with Gasteiger partial charge in [-0.3, -0.25) is 9.78 Å². The van der Waals surface area contributed by atoms with Gasteiger partial charge in [-0.15, -0.1) is 0 Å². The molecule has 0 aromatic carbocycles. The second-order valence-electron chi connectivity index (χ2n) is 3.59. The van der Waals surface area contributed by atoms with Crippen LogP contribution in [0.2, 0.25) is 0 Å². The van der Waals surface area contributed by atoms with Gasteiger partial charge in [-0.25, -0.2) is 0 Å². The summed E-state index contributed by atoms with van der Waals surface area (Å²) in [5, 5.41) is 5.94. The van der Waals surface area contributed by atoms with Crippen LogP contribution in [0.3, 0.4) is 0 Å². The van der Waals surface area contributed by atoms with E-state index in [1.807, 2.05) is 26.8 Å². The van der Waals surface area contributed by atoms with Crippen molar-refractivity contribution in [3.63, 3.8) is 0 Å². The van der Waals surface area contributed by atoms with Crippen LogP contribution in [0, 0.1) is 0 Å². The topological polar surface area (TPSA) is 54.0 Å². The van der Waals surface area contributed by atoms with Crippen molar-refractivity contribution in [2.45, 2.75) is 26.8 Å². The Labute approximate surface area is 90.1 Å². The number of hydrogen-bond donors (Lipinski definition) is 2. The van der Waals surface area contributed by atoms with Crippen LogP contribution in [0.1, 0.15) is 31.3 Å². The van der Waals surface area contributed by atoms with Gasteiger partial charge in [0.1, 0.15) is 5.69 Å². The van der Waals surface area contributed by atoms with Gasteiger partial charge in [0, 0.05) is 24.5 Å². The highest BCUT2D eigenvalue weighted by Gasteiger charge is 2.08. The van der Waals surface area contributed by atoms with E-state index >= 15 is 0 Å². The zero-order valence-corrected chi connectivity index (χ0v) is 9.37. The molecule has 4 heteroatoms. The van der Waals surface area contributed by atoms with Crippen molar-refractivity contribution in [3.05, 3.63) is 24.0 Å². The maximum Gasteiger partial charge on any atom is 0.270 e. The number of nitrogens with one attached hydrogen (secondary N) is 2. The highest BCUT2D eigenvalue weighted by atomic mass is 16.1. The molecule has 0 aliphatic rings. The van der Waals surface area contributed by atoms with Crippen LogP contribution >= 0.6 is 0 Å². The van der Waals surface area contributed by atoms with Gasteiger partial charge in [-0.2, -0.15) is 0 Å². The predicted molar refractivity (Wildman–Crippen MR) is 61.0 cm³/mol. The molecule has 2 N–H and O–H groups in total. The number of anilines is 1. The van der Waals surface area contributed by atoms with E-state index in [-0.39, 0.29) is 11.9 Å². The van der Waals surface area contributed by atoms with Gasteiger partial charge in [-0.05, 0) is 32.9 Å². The molecule has 1 aromatic rings. The summed E-state index contributed by atoms with van der Waals surface area (Å²) in [4.78, 5) is 15.6. The molecule has 0 aliphatic heterocycles. The Hall–Kier alpha value is -1.58. The second-order valence-corrected chi connectivity index (χ2v) is 3.59. The molecular formula is C11H17N3O. The van der Waals surface area contributed by atoms with Crippen LogP contribution in [-0.2, 0) is 0 Å². The van der Waals surface area contributed by atoms with Crippen LogP contribution in [0.25, 0.3) is 0 Å². The van der Waals surface area contributed by atoms with E-state index < -0.39 is 0 Å². The van der Waals surface area contributed by atoms with Crippen LogP contribution in [0.4, 0.5) is 5.69 Å². The van der Waals surface area contributed by atoms with E-state index in [0.717, 1.165) is 12.2 Å². The van der Waals surface area contributed by atoms with Crippen molar-refractivity contribution >= 4 is 11.6 Å². The SMILES string of the molecule is CCNc1ccnc(C(=O)NC(C)C)c1. The molecule has 1 heterocycles. The number of aromatic nitrogens is 1. The molecule has 82 valence electrons. The highest BCUT2D eigenvalue weighted by Crippen LogP contribution is 2.07. The molecule has 0 spiro atoms. The standard InChI is InChI=1S/C11H17N3O/c1-4-12-9-5-6-13-10(7-9)11(15)14-8(2)3/h5-8H,4H2,1-3H3,(H,12,13)(H,14,15). The number of pyridine rings is 1. The fourth-order valence-electron chi connectivity index (χ4n) is 1.20. The van der Waals surface area contributed by atoms with Gasteiger partial charge in [0.2, 0.25) is 0 Å². The number of nitrogens with zero attached hydrogens (tertiary/aromatic N) is 1. The predicted octanol–water partition coefficient (Wildman–Crippen LogP) is 1.65. The van der Waals surface area contributed by atoms with E-state index in [2.05, 4.69) is 15.6 Å². The first-order valence-electron chi connectivity index (χ1n) is 5.14. The molecule has 1 aromatic heterocycles. The Kier molecular flexibility index (Phi) is 4.09. The molecule has 0 saturated heterocycles. The number of amides is 1. The Balaban J connectivity index is 2.76. The molecule has 1 amide bonds. The van der Waals surface area contributed by atoms with Crippen LogP contribution in [0.15, 0.2) is 18.3 Å². The lowest BCUT2D eigenvalue weighted by Crippen LogP contribution is -2.30. The van der Waals surface area contributed by atoms with Crippen molar-refractivity contribution < 1.29 is 4.79 Å². The number of hydrogen-bond acceptors (Lipinski definition) is 3. The summed E-state index contributed by atoms with van der Waals surface area (Å²) in [5.41, 5.74) is 1.36. The maximum absolute atomic E-state index is 11.6. The fourth-order valence-corrected chi connectivity index (χ4v) is 1.20. The third kappa shape index (κ3) is 3.58. The molecule has 0 saturated carbocycles. The number of rotatable bonds is 4. The minimum atomic E-state index is -0.134. The van der Waals surface area contributed by atoms with Crippen molar-refractivity contribution in [3.8, 4) is 0 Å². The van der Waals surface area contributed by atoms with Crippen LogP contribution in [-0.4, -0.2) is 23.5 Å². The van der Waals surface area contributed by atoms with E-state index in [1.165, 1.54) is 0 Å². The smallest absolute Gasteiger partial charge is 0.270 e. The minimum Gasteiger partial charge on any atom is -0.385 e. The highest BCUT2D eigenvalue weighted by molar-refractivity contribution is 5.93. The quantitative estimate of drug-likeness (QED) is 0.789. The largest absolute Gasteiger partial charge is 0.385 e. The maximum atomic E-state index is 11.6. The van der Waals surface area contributed by atoms with Gasteiger partial charge in [0.25, 0.3) is 5.91 Å². The van der Waals surface area contributed by atoms with Gasteiger partial charge in [0.15, 0.2) is 0 Å². The van der Waals surface area contributed by atoms with Gasteiger partial charge in [0.05, 0.1) is 0 Å². The van der Waals surface area contributed by atoms with Crippen molar-refractivity contribution in [1.29, 1.82) is 0 Å². The van der Waals surface area contributed by atoms with Crippen molar-refractivity contribution in [1.82, 2.24) is 10.3 Å². The lowest BCUT2D eigenvalue weighted by Gasteiger charge is -2.08. The molecule has 0 aliphatic carbocycles. The molecule has 0 bridgehead atoms. The van der Waals surface area contributed by atoms with E-state index in [9.17, 15) is 4.79 Å². The zero-order chi connectivity index (χ0) is 11.3. The lowest BCUT2D eigenvalue weighted by molar-refractivity contribution is 0.0938.